The SMILES string of the molecule is CC(C)(CCO)CNCc1ccc(O)c(O)c1. The zero-order valence-corrected chi connectivity index (χ0v) is 10.4. The fourth-order valence-corrected chi connectivity index (χ4v) is 1.62. The monoisotopic (exact) mass is 239 g/mol. The summed E-state index contributed by atoms with van der Waals surface area (Å²) in [6.07, 6.45) is 0.751. The molecule has 0 amide bonds. The predicted octanol–water partition coefficient (Wildman–Crippen LogP) is 1.60. The molecule has 0 fully saturated rings. The zero-order valence-electron chi connectivity index (χ0n) is 10.4. The van der Waals surface area contributed by atoms with Gasteiger partial charge in [0.05, 0.1) is 0 Å². The van der Waals surface area contributed by atoms with Gasteiger partial charge in [-0.15, -0.1) is 0 Å². The molecule has 0 spiro atoms. The highest BCUT2D eigenvalue weighted by atomic mass is 16.3. The normalized spacial score (nSPS) is 11.7. The van der Waals surface area contributed by atoms with E-state index in [1.54, 1.807) is 12.1 Å². The van der Waals surface area contributed by atoms with Crippen molar-refractivity contribution in [1.29, 1.82) is 0 Å². The Morgan fingerprint density at radius 1 is 1.18 bits per heavy atom. The molecule has 1 aromatic carbocycles. The Labute approximate surface area is 102 Å². The third-order valence-corrected chi connectivity index (χ3v) is 2.76. The van der Waals surface area contributed by atoms with Gasteiger partial charge in [-0.25, -0.2) is 0 Å². The zero-order chi connectivity index (χ0) is 12.9. The molecular weight excluding hydrogens is 218 g/mol. The number of phenols is 2. The molecule has 0 saturated carbocycles. The predicted molar refractivity (Wildman–Crippen MR) is 67.0 cm³/mol. The van der Waals surface area contributed by atoms with Crippen molar-refractivity contribution >= 4 is 0 Å². The fraction of sp³-hybridized carbons (Fsp3) is 0.538. The molecular formula is C13H21NO3. The highest BCUT2D eigenvalue weighted by molar-refractivity contribution is 5.40. The van der Waals surface area contributed by atoms with Gasteiger partial charge in [0.15, 0.2) is 11.5 Å². The van der Waals surface area contributed by atoms with E-state index >= 15 is 0 Å². The fourth-order valence-electron chi connectivity index (χ4n) is 1.62. The van der Waals surface area contributed by atoms with Crippen LogP contribution in [-0.4, -0.2) is 28.5 Å². The van der Waals surface area contributed by atoms with Gasteiger partial charge in [-0.05, 0) is 29.5 Å². The molecule has 1 aromatic rings. The molecule has 0 bridgehead atoms. The summed E-state index contributed by atoms with van der Waals surface area (Å²) < 4.78 is 0. The van der Waals surface area contributed by atoms with Crippen molar-refractivity contribution in [3.05, 3.63) is 23.8 Å². The Bertz CT molecular complexity index is 364. The molecule has 96 valence electrons. The van der Waals surface area contributed by atoms with Gasteiger partial charge < -0.3 is 20.6 Å². The Morgan fingerprint density at radius 2 is 1.88 bits per heavy atom. The first-order valence-electron chi connectivity index (χ1n) is 5.77. The van der Waals surface area contributed by atoms with Gasteiger partial charge in [0, 0.05) is 19.7 Å². The van der Waals surface area contributed by atoms with Crippen molar-refractivity contribution in [2.45, 2.75) is 26.8 Å². The van der Waals surface area contributed by atoms with Crippen LogP contribution in [0.3, 0.4) is 0 Å². The van der Waals surface area contributed by atoms with E-state index in [1.807, 2.05) is 0 Å². The van der Waals surface area contributed by atoms with Crippen LogP contribution in [0.4, 0.5) is 0 Å². The molecule has 1 rings (SSSR count). The van der Waals surface area contributed by atoms with Gasteiger partial charge in [0.25, 0.3) is 0 Å². The quantitative estimate of drug-likeness (QED) is 0.569. The first kappa shape index (κ1) is 13.8. The molecule has 0 saturated heterocycles. The van der Waals surface area contributed by atoms with E-state index in [0.29, 0.717) is 6.54 Å². The standard InChI is InChI=1S/C13H21NO3/c1-13(2,5-6-15)9-14-8-10-3-4-11(16)12(17)7-10/h3-4,7,14-17H,5-6,8-9H2,1-2H3. The molecule has 0 heterocycles. The summed E-state index contributed by atoms with van der Waals surface area (Å²) >= 11 is 0. The molecule has 4 N–H and O–H groups in total. The van der Waals surface area contributed by atoms with E-state index in [4.69, 9.17) is 5.11 Å². The van der Waals surface area contributed by atoms with Crippen LogP contribution in [0.15, 0.2) is 18.2 Å². The number of phenolic OH excluding ortho intramolecular Hbond substituents is 2. The lowest BCUT2D eigenvalue weighted by Crippen LogP contribution is -2.29. The van der Waals surface area contributed by atoms with Crippen molar-refractivity contribution in [3.63, 3.8) is 0 Å². The lowest BCUT2D eigenvalue weighted by molar-refractivity contribution is 0.207. The molecule has 17 heavy (non-hydrogen) atoms. The molecule has 4 heteroatoms. The largest absolute Gasteiger partial charge is 0.504 e. The van der Waals surface area contributed by atoms with Crippen LogP contribution in [0.25, 0.3) is 0 Å². The lowest BCUT2D eigenvalue weighted by Gasteiger charge is -2.24. The van der Waals surface area contributed by atoms with Crippen LogP contribution in [0.1, 0.15) is 25.8 Å². The second-order valence-electron chi connectivity index (χ2n) is 5.06. The smallest absolute Gasteiger partial charge is 0.157 e. The minimum Gasteiger partial charge on any atom is -0.504 e. The van der Waals surface area contributed by atoms with Crippen molar-refractivity contribution in [2.24, 2.45) is 5.41 Å². The minimum atomic E-state index is -0.102. The maximum absolute atomic E-state index is 9.33. The Hall–Kier alpha value is -1.26. The summed E-state index contributed by atoms with van der Waals surface area (Å²) in [6.45, 7) is 5.78. The molecule has 0 radical (unpaired) electrons. The van der Waals surface area contributed by atoms with Crippen LogP contribution in [0, 0.1) is 5.41 Å². The van der Waals surface area contributed by atoms with Gasteiger partial charge >= 0.3 is 0 Å². The summed E-state index contributed by atoms with van der Waals surface area (Å²) in [6, 6.07) is 4.79. The summed E-state index contributed by atoms with van der Waals surface area (Å²) in [4.78, 5) is 0. The maximum Gasteiger partial charge on any atom is 0.157 e. The van der Waals surface area contributed by atoms with Gasteiger partial charge in [-0.1, -0.05) is 19.9 Å². The first-order chi connectivity index (χ1) is 7.94. The lowest BCUT2D eigenvalue weighted by atomic mass is 9.90. The highest BCUT2D eigenvalue weighted by Crippen LogP contribution is 2.25. The molecule has 0 aliphatic rings. The number of hydrogen-bond acceptors (Lipinski definition) is 4. The average molecular weight is 239 g/mol. The molecule has 0 aliphatic carbocycles. The van der Waals surface area contributed by atoms with E-state index < -0.39 is 0 Å². The number of hydrogen-bond donors (Lipinski definition) is 4. The van der Waals surface area contributed by atoms with E-state index in [1.165, 1.54) is 6.07 Å². The van der Waals surface area contributed by atoms with Crippen LogP contribution >= 0.6 is 0 Å². The molecule has 0 atom stereocenters. The topological polar surface area (TPSA) is 72.7 Å². The Morgan fingerprint density at radius 3 is 2.47 bits per heavy atom. The maximum atomic E-state index is 9.33. The number of rotatable bonds is 6. The first-order valence-corrected chi connectivity index (χ1v) is 5.77. The van der Waals surface area contributed by atoms with E-state index in [9.17, 15) is 10.2 Å². The Kier molecular flexibility index (Phi) is 4.78. The number of aromatic hydroxyl groups is 2. The van der Waals surface area contributed by atoms with E-state index in [0.717, 1.165) is 18.5 Å². The van der Waals surface area contributed by atoms with E-state index in [2.05, 4.69) is 19.2 Å². The number of benzene rings is 1. The van der Waals surface area contributed by atoms with Gasteiger partial charge in [-0.2, -0.15) is 0 Å². The molecule has 0 aromatic heterocycles. The van der Waals surface area contributed by atoms with E-state index in [-0.39, 0.29) is 23.5 Å². The molecule has 0 aliphatic heterocycles. The van der Waals surface area contributed by atoms with Gasteiger partial charge in [0.2, 0.25) is 0 Å². The van der Waals surface area contributed by atoms with Crippen molar-refractivity contribution in [1.82, 2.24) is 5.32 Å². The number of nitrogens with one attached hydrogen (secondary N) is 1. The minimum absolute atomic E-state index is 0.0493. The Balaban J connectivity index is 2.43. The number of aliphatic hydroxyl groups is 1. The third-order valence-electron chi connectivity index (χ3n) is 2.76. The summed E-state index contributed by atoms with van der Waals surface area (Å²) in [7, 11) is 0. The summed E-state index contributed by atoms with van der Waals surface area (Å²) in [5.74, 6) is -0.201. The number of aliphatic hydroxyl groups excluding tert-OH is 1. The van der Waals surface area contributed by atoms with Crippen molar-refractivity contribution in [3.8, 4) is 11.5 Å². The van der Waals surface area contributed by atoms with Crippen molar-refractivity contribution < 1.29 is 15.3 Å². The van der Waals surface area contributed by atoms with Gasteiger partial charge in [0.1, 0.15) is 0 Å². The van der Waals surface area contributed by atoms with Crippen LogP contribution in [-0.2, 0) is 6.54 Å². The summed E-state index contributed by atoms with van der Waals surface area (Å²) in [5.41, 5.74) is 0.966. The van der Waals surface area contributed by atoms with Crippen LogP contribution < -0.4 is 5.32 Å². The van der Waals surface area contributed by atoms with Crippen molar-refractivity contribution in [2.75, 3.05) is 13.2 Å². The third kappa shape index (κ3) is 4.63. The average Bonchev–Trinajstić information content (AvgIpc) is 2.23. The second kappa shape index (κ2) is 5.89. The molecule has 0 unspecified atom stereocenters. The van der Waals surface area contributed by atoms with Gasteiger partial charge in [-0.3, -0.25) is 0 Å². The molecule has 4 nitrogen and oxygen atoms in total. The summed E-state index contributed by atoms with van der Waals surface area (Å²) in [5, 5.41) is 30.7. The highest BCUT2D eigenvalue weighted by Gasteiger charge is 2.16. The van der Waals surface area contributed by atoms with Crippen LogP contribution in [0.2, 0.25) is 0 Å². The van der Waals surface area contributed by atoms with Crippen LogP contribution in [0.5, 0.6) is 11.5 Å². The second-order valence-corrected chi connectivity index (χ2v) is 5.06.